The molecule has 0 spiro atoms. The number of pyridine rings is 1. The van der Waals surface area contributed by atoms with Crippen molar-refractivity contribution in [2.75, 3.05) is 0 Å². The summed E-state index contributed by atoms with van der Waals surface area (Å²) in [5.41, 5.74) is 1.96. The molecule has 0 unspecified atom stereocenters. The van der Waals surface area contributed by atoms with Crippen molar-refractivity contribution in [1.29, 1.82) is 0 Å². The maximum Gasteiger partial charge on any atom is 0.181 e. The molecule has 2 aromatic heterocycles. The van der Waals surface area contributed by atoms with E-state index in [-0.39, 0.29) is 0 Å². The lowest BCUT2D eigenvalue weighted by Crippen LogP contribution is -1.79. The van der Waals surface area contributed by atoms with Gasteiger partial charge in [-0.15, -0.1) is 0 Å². The van der Waals surface area contributed by atoms with Gasteiger partial charge in [-0.2, -0.15) is 4.99 Å². The van der Waals surface area contributed by atoms with Crippen LogP contribution in [0.5, 0.6) is 0 Å². The molecule has 1 N–H and O–H groups in total. The third-order valence-electron chi connectivity index (χ3n) is 2.38. The smallest absolute Gasteiger partial charge is 0.181 e. The largest absolute Gasteiger partial charge is 0.336 e. The topological polar surface area (TPSA) is 32.6 Å². The molecule has 3 rings (SSSR count). The molecule has 0 fully saturated rings. The van der Waals surface area contributed by atoms with E-state index < -0.39 is 0 Å². The number of para-hydroxylation sites is 1. The van der Waals surface area contributed by atoms with E-state index in [4.69, 9.17) is 12.2 Å². The summed E-state index contributed by atoms with van der Waals surface area (Å²) in [6.07, 6.45) is 3.83. The van der Waals surface area contributed by atoms with Gasteiger partial charge in [0.2, 0.25) is 0 Å². The average molecular weight is 285 g/mol. The lowest BCUT2D eigenvalue weighted by Gasteiger charge is -1.87. The second-order valence-corrected chi connectivity index (χ2v) is 4.20. The van der Waals surface area contributed by atoms with E-state index in [0.717, 1.165) is 16.0 Å². The Kier molecular flexibility index (Phi) is 4.75. The predicted octanol–water partition coefficient (Wildman–Crippen LogP) is 4.42. The van der Waals surface area contributed by atoms with Crippen molar-refractivity contribution in [2.24, 2.45) is 4.99 Å². The van der Waals surface area contributed by atoms with Crippen LogP contribution in [0.4, 0.5) is 5.69 Å². The fraction of sp³-hybridized carbons (Fsp3) is 0. The highest BCUT2D eigenvalue weighted by molar-refractivity contribution is 7.78. The van der Waals surface area contributed by atoms with Crippen molar-refractivity contribution in [3.05, 3.63) is 65.7 Å². The fourth-order valence-electron chi connectivity index (χ4n) is 1.52. The van der Waals surface area contributed by atoms with Crippen molar-refractivity contribution in [2.45, 2.75) is 0 Å². The Bertz CT molecular complexity index is 753. The third-order valence-corrected chi connectivity index (χ3v) is 2.79. The maximum atomic E-state index is 4.99. The van der Waals surface area contributed by atoms with Crippen molar-refractivity contribution < 1.29 is 0 Å². The van der Waals surface area contributed by atoms with Crippen LogP contribution in [0.1, 0.15) is 0 Å². The molecule has 0 bridgehead atoms. The monoisotopic (exact) mass is 285 g/mol. The summed E-state index contributed by atoms with van der Waals surface area (Å²) in [6, 6.07) is 15.4. The van der Waals surface area contributed by atoms with Crippen LogP contribution in [0.15, 0.2) is 65.9 Å². The van der Waals surface area contributed by atoms with E-state index in [1.54, 1.807) is 0 Å². The molecule has 1 aromatic carbocycles. The molecule has 0 atom stereocenters. The molecule has 19 heavy (non-hydrogen) atoms. The minimum atomic E-state index is 0.746. The third kappa shape index (κ3) is 3.69. The molecule has 0 aliphatic carbocycles. The van der Waals surface area contributed by atoms with E-state index >= 15 is 0 Å². The number of hydrogen-bond donors (Lipinski definition) is 1. The van der Waals surface area contributed by atoms with Crippen molar-refractivity contribution in [3.63, 3.8) is 0 Å². The minimum absolute atomic E-state index is 0.746. The lowest BCUT2D eigenvalue weighted by molar-refractivity contribution is 1.12. The van der Waals surface area contributed by atoms with Gasteiger partial charge in [0.1, 0.15) is 0 Å². The predicted molar refractivity (Wildman–Crippen MR) is 83.7 cm³/mol. The Labute approximate surface area is 121 Å². The van der Waals surface area contributed by atoms with E-state index in [1.165, 1.54) is 0 Å². The summed E-state index contributed by atoms with van der Waals surface area (Å²) in [4.78, 5) is 6.73. The highest BCUT2D eigenvalue weighted by Gasteiger charge is 1.88. The van der Waals surface area contributed by atoms with Crippen LogP contribution in [-0.4, -0.2) is 14.5 Å². The zero-order valence-corrected chi connectivity index (χ0v) is 11.6. The number of benzene rings is 1. The van der Waals surface area contributed by atoms with Gasteiger partial charge in [-0.3, -0.25) is 4.40 Å². The summed E-state index contributed by atoms with van der Waals surface area (Å²) < 4.78 is 2.67. The molecule has 0 aliphatic rings. The molecular formula is C14H11N3S2. The molecule has 0 radical (unpaired) electrons. The zero-order valence-electron chi connectivity index (χ0n) is 9.98. The highest BCUT2D eigenvalue weighted by atomic mass is 32.1. The number of thiocarbonyl (C=S) groups is 1. The van der Waals surface area contributed by atoms with Crippen LogP contribution in [0.25, 0.3) is 5.52 Å². The van der Waals surface area contributed by atoms with Gasteiger partial charge in [0, 0.05) is 12.4 Å². The first kappa shape index (κ1) is 13.4. The van der Waals surface area contributed by atoms with Gasteiger partial charge in [-0.05, 0) is 48.7 Å². The Morgan fingerprint density at radius 1 is 1.05 bits per heavy atom. The molecule has 0 aliphatic heterocycles. The van der Waals surface area contributed by atoms with Crippen LogP contribution in [0.3, 0.4) is 0 Å². The summed E-state index contributed by atoms with van der Waals surface area (Å²) in [6.45, 7) is 0. The Morgan fingerprint density at radius 3 is 2.47 bits per heavy atom. The number of aromatic nitrogens is 2. The first-order chi connectivity index (χ1) is 9.31. The van der Waals surface area contributed by atoms with Crippen molar-refractivity contribution in [3.8, 4) is 0 Å². The number of rotatable bonds is 1. The van der Waals surface area contributed by atoms with Crippen LogP contribution in [-0.2, 0) is 0 Å². The number of aliphatic imine (C=N–C) groups is 1. The minimum Gasteiger partial charge on any atom is -0.336 e. The van der Waals surface area contributed by atoms with Gasteiger partial charge in [-0.25, -0.2) is 0 Å². The van der Waals surface area contributed by atoms with E-state index in [1.807, 2.05) is 65.3 Å². The van der Waals surface area contributed by atoms with Crippen LogP contribution < -0.4 is 0 Å². The molecular weight excluding hydrogens is 274 g/mol. The van der Waals surface area contributed by atoms with E-state index in [0.29, 0.717) is 0 Å². The highest BCUT2D eigenvalue weighted by Crippen LogP contribution is 2.07. The number of hydrogen-bond acceptors (Lipinski definition) is 3. The summed E-state index contributed by atoms with van der Waals surface area (Å²) in [5.74, 6) is 0. The van der Waals surface area contributed by atoms with E-state index in [9.17, 15) is 0 Å². The molecule has 5 heteroatoms. The standard InChI is InChI=1S/C7H6N2S.C7H5NS/c10-7-8-5-6-3-1-2-4-9(6)7;9-6-8-7-4-2-1-3-5-7/h1-5H,(H,8,10);1-5H. The Hall–Kier alpha value is -2.07. The van der Waals surface area contributed by atoms with Gasteiger partial charge < -0.3 is 4.98 Å². The number of imidazole rings is 1. The molecule has 0 saturated heterocycles. The van der Waals surface area contributed by atoms with Crippen LogP contribution in [0, 0.1) is 4.77 Å². The van der Waals surface area contributed by atoms with Gasteiger partial charge in [0.05, 0.1) is 16.4 Å². The lowest BCUT2D eigenvalue weighted by atomic mass is 10.3. The first-order valence-electron chi connectivity index (χ1n) is 5.59. The normalized spacial score (nSPS) is 9.26. The van der Waals surface area contributed by atoms with Crippen molar-refractivity contribution in [1.82, 2.24) is 9.38 Å². The SMILES string of the molecule is S=C=Nc1ccccc1.S=c1[nH]cc2ccccn12. The van der Waals surface area contributed by atoms with Crippen LogP contribution in [0.2, 0.25) is 0 Å². The summed E-state index contributed by atoms with van der Waals surface area (Å²) in [7, 11) is 0. The summed E-state index contributed by atoms with van der Waals surface area (Å²) in [5, 5.41) is 2.29. The van der Waals surface area contributed by atoms with Gasteiger partial charge in [-0.1, -0.05) is 24.3 Å². The number of nitrogens with one attached hydrogen (secondary N) is 1. The van der Waals surface area contributed by atoms with Gasteiger partial charge >= 0.3 is 0 Å². The second kappa shape index (κ2) is 6.75. The van der Waals surface area contributed by atoms with Gasteiger partial charge in [0.25, 0.3) is 0 Å². The Balaban J connectivity index is 0.000000141. The second-order valence-electron chi connectivity index (χ2n) is 3.63. The average Bonchev–Trinajstić information content (AvgIpc) is 2.84. The summed E-state index contributed by atoms with van der Waals surface area (Å²) >= 11 is 9.41. The molecule has 3 nitrogen and oxygen atoms in total. The molecule has 3 aromatic rings. The fourth-order valence-corrected chi connectivity index (χ4v) is 1.85. The maximum absolute atomic E-state index is 4.99. The van der Waals surface area contributed by atoms with Crippen molar-refractivity contribution >= 4 is 40.8 Å². The van der Waals surface area contributed by atoms with Crippen LogP contribution >= 0.6 is 24.4 Å². The van der Waals surface area contributed by atoms with Gasteiger partial charge in [0.15, 0.2) is 4.77 Å². The number of aromatic amines is 1. The number of isothiocyanates is 1. The number of nitrogens with zero attached hydrogens (tertiary/aromatic N) is 2. The molecule has 0 amide bonds. The first-order valence-corrected chi connectivity index (χ1v) is 6.40. The Morgan fingerprint density at radius 2 is 1.79 bits per heavy atom. The zero-order chi connectivity index (χ0) is 13.5. The number of H-pyrrole nitrogens is 1. The number of fused-ring (bicyclic) bond motifs is 1. The molecule has 2 heterocycles. The quantitative estimate of drug-likeness (QED) is 0.530. The van der Waals surface area contributed by atoms with E-state index in [2.05, 4.69) is 27.4 Å². The molecule has 94 valence electrons. The molecule has 0 saturated carbocycles.